The predicted molar refractivity (Wildman–Crippen MR) is 36.7 cm³/mol. The molecule has 0 aromatic rings. The first-order valence-electron chi connectivity index (χ1n) is 3.34. The smallest absolute Gasteiger partial charge is 0.365 e. The standard InChI is InChI=1S/C7H8O5/c1-2-3-10-7-11-5(8)4-6(9)12-7/h2,7H,1,3-4H2. The second-order valence-electron chi connectivity index (χ2n) is 2.07. The molecule has 0 atom stereocenters. The average molecular weight is 172 g/mol. The number of hydrogen-bond acceptors (Lipinski definition) is 5. The highest BCUT2D eigenvalue weighted by Crippen LogP contribution is 2.08. The van der Waals surface area contributed by atoms with E-state index in [1.165, 1.54) is 6.08 Å². The third kappa shape index (κ3) is 2.35. The van der Waals surface area contributed by atoms with E-state index in [0.29, 0.717) is 0 Å². The molecular weight excluding hydrogens is 164 g/mol. The van der Waals surface area contributed by atoms with E-state index in [1.54, 1.807) is 0 Å². The molecule has 5 nitrogen and oxygen atoms in total. The van der Waals surface area contributed by atoms with Gasteiger partial charge in [-0.15, -0.1) is 6.58 Å². The molecule has 0 N–H and O–H groups in total. The number of rotatable bonds is 3. The Hall–Kier alpha value is -1.36. The number of carbonyl (C=O) groups excluding carboxylic acids is 2. The van der Waals surface area contributed by atoms with Gasteiger partial charge in [0.1, 0.15) is 6.42 Å². The summed E-state index contributed by atoms with van der Waals surface area (Å²) < 4.78 is 13.8. The van der Waals surface area contributed by atoms with Crippen molar-refractivity contribution in [2.75, 3.05) is 6.61 Å². The van der Waals surface area contributed by atoms with Crippen molar-refractivity contribution in [2.45, 2.75) is 12.9 Å². The largest absolute Gasteiger partial charge is 0.400 e. The molecule has 1 heterocycles. The molecule has 1 aliphatic heterocycles. The van der Waals surface area contributed by atoms with E-state index >= 15 is 0 Å². The van der Waals surface area contributed by atoms with Crippen LogP contribution in [0.5, 0.6) is 0 Å². The van der Waals surface area contributed by atoms with Crippen LogP contribution in [0.4, 0.5) is 0 Å². The number of esters is 2. The van der Waals surface area contributed by atoms with E-state index in [9.17, 15) is 9.59 Å². The second-order valence-corrected chi connectivity index (χ2v) is 2.07. The molecule has 1 rings (SSSR count). The average Bonchev–Trinajstić information content (AvgIpc) is 1.99. The molecule has 0 saturated carbocycles. The molecule has 1 aliphatic rings. The maximum absolute atomic E-state index is 10.6. The Morgan fingerprint density at radius 1 is 1.50 bits per heavy atom. The lowest BCUT2D eigenvalue weighted by atomic mass is 10.4. The Kier molecular flexibility index (Phi) is 2.82. The number of ether oxygens (including phenoxy) is 3. The van der Waals surface area contributed by atoms with E-state index in [0.717, 1.165) is 0 Å². The molecule has 0 aromatic heterocycles. The van der Waals surface area contributed by atoms with Gasteiger partial charge in [0.15, 0.2) is 0 Å². The Balaban J connectivity index is 2.38. The maximum Gasteiger partial charge on any atom is 0.365 e. The van der Waals surface area contributed by atoms with Crippen molar-refractivity contribution in [3.05, 3.63) is 12.7 Å². The summed E-state index contributed by atoms with van der Waals surface area (Å²) >= 11 is 0. The Morgan fingerprint density at radius 2 is 2.08 bits per heavy atom. The number of carbonyl (C=O) groups is 2. The van der Waals surface area contributed by atoms with Gasteiger partial charge < -0.3 is 14.2 Å². The first kappa shape index (κ1) is 8.73. The van der Waals surface area contributed by atoms with Gasteiger partial charge in [0.2, 0.25) is 0 Å². The predicted octanol–water partition coefficient (Wildman–Crippen LogP) is -0.0373. The van der Waals surface area contributed by atoms with E-state index < -0.39 is 18.4 Å². The van der Waals surface area contributed by atoms with E-state index in [-0.39, 0.29) is 13.0 Å². The van der Waals surface area contributed by atoms with Crippen LogP contribution in [-0.4, -0.2) is 25.0 Å². The van der Waals surface area contributed by atoms with Gasteiger partial charge in [0.25, 0.3) is 0 Å². The van der Waals surface area contributed by atoms with Gasteiger partial charge >= 0.3 is 18.4 Å². The summed E-state index contributed by atoms with van der Waals surface area (Å²) in [7, 11) is 0. The Bertz CT molecular complexity index is 194. The first-order valence-corrected chi connectivity index (χ1v) is 3.34. The van der Waals surface area contributed by atoms with Crippen LogP contribution in [0.15, 0.2) is 12.7 Å². The molecule has 0 amide bonds. The van der Waals surface area contributed by atoms with Gasteiger partial charge in [-0.1, -0.05) is 6.08 Å². The zero-order valence-corrected chi connectivity index (χ0v) is 6.32. The highest BCUT2D eigenvalue weighted by Gasteiger charge is 2.27. The van der Waals surface area contributed by atoms with Gasteiger partial charge in [-0.3, -0.25) is 9.59 Å². The Morgan fingerprint density at radius 3 is 2.58 bits per heavy atom. The molecule has 12 heavy (non-hydrogen) atoms. The number of hydrogen-bond donors (Lipinski definition) is 0. The fourth-order valence-corrected chi connectivity index (χ4v) is 0.655. The minimum absolute atomic E-state index is 0.158. The van der Waals surface area contributed by atoms with Gasteiger partial charge in [-0.2, -0.15) is 0 Å². The molecular formula is C7H8O5. The van der Waals surface area contributed by atoms with E-state index in [4.69, 9.17) is 4.74 Å². The van der Waals surface area contributed by atoms with Crippen molar-refractivity contribution >= 4 is 11.9 Å². The van der Waals surface area contributed by atoms with Gasteiger partial charge in [-0.25, -0.2) is 0 Å². The Labute approximate surface area is 68.9 Å². The van der Waals surface area contributed by atoms with Crippen LogP contribution in [0.1, 0.15) is 6.42 Å². The topological polar surface area (TPSA) is 61.8 Å². The van der Waals surface area contributed by atoms with Crippen LogP contribution in [0.3, 0.4) is 0 Å². The summed E-state index contributed by atoms with van der Waals surface area (Å²) in [4.78, 5) is 21.2. The monoisotopic (exact) mass is 172 g/mol. The van der Waals surface area contributed by atoms with Gasteiger partial charge in [0.05, 0.1) is 6.61 Å². The van der Waals surface area contributed by atoms with Crippen LogP contribution in [0.2, 0.25) is 0 Å². The minimum atomic E-state index is -1.21. The van der Waals surface area contributed by atoms with Crippen LogP contribution >= 0.6 is 0 Å². The van der Waals surface area contributed by atoms with E-state index in [1.807, 2.05) is 0 Å². The van der Waals surface area contributed by atoms with Crippen molar-refractivity contribution in [3.8, 4) is 0 Å². The SMILES string of the molecule is C=CCOC1OC(=O)CC(=O)O1. The summed E-state index contributed by atoms with van der Waals surface area (Å²) in [6, 6.07) is 0. The summed E-state index contributed by atoms with van der Waals surface area (Å²) in [5.74, 6) is -1.28. The van der Waals surface area contributed by atoms with Crippen molar-refractivity contribution in [3.63, 3.8) is 0 Å². The maximum atomic E-state index is 10.6. The van der Waals surface area contributed by atoms with Crippen molar-refractivity contribution in [1.29, 1.82) is 0 Å². The lowest BCUT2D eigenvalue weighted by Gasteiger charge is -2.20. The van der Waals surface area contributed by atoms with Crippen molar-refractivity contribution < 1.29 is 23.8 Å². The fourth-order valence-electron chi connectivity index (χ4n) is 0.655. The van der Waals surface area contributed by atoms with Crippen LogP contribution < -0.4 is 0 Å². The molecule has 5 heteroatoms. The third-order valence-electron chi connectivity index (χ3n) is 1.09. The minimum Gasteiger partial charge on any atom is -0.400 e. The summed E-state index contributed by atoms with van der Waals surface area (Å²) in [6.07, 6.45) is 1.10. The van der Waals surface area contributed by atoms with Gasteiger partial charge in [-0.05, 0) is 0 Å². The highest BCUT2D eigenvalue weighted by atomic mass is 16.9. The first-order chi connectivity index (χ1) is 5.72. The zero-order valence-electron chi connectivity index (χ0n) is 6.32. The van der Waals surface area contributed by atoms with Crippen LogP contribution in [-0.2, 0) is 23.8 Å². The molecule has 66 valence electrons. The molecule has 1 saturated heterocycles. The summed E-state index contributed by atoms with van der Waals surface area (Å²) in [6.45, 7) is 2.32. The summed E-state index contributed by atoms with van der Waals surface area (Å²) in [5, 5.41) is 0. The van der Waals surface area contributed by atoms with Crippen molar-refractivity contribution in [1.82, 2.24) is 0 Å². The zero-order chi connectivity index (χ0) is 8.97. The normalized spacial score (nSPS) is 18.3. The lowest BCUT2D eigenvalue weighted by molar-refractivity contribution is -0.274. The van der Waals surface area contributed by atoms with Crippen LogP contribution in [0.25, 0.3) is 0 Å². The highest BCUT2D eigenvalue weighted by molar-refractivity contribution is 5.92. The lowest BCUT2D eigenvalue weighted by Crippen LogP contribution is -2.34. The van der Waals surface area contributed by atoms with Gasteiger partial charge in [0, 0.05) is 0 Å². The molecule has 0 aromatic carbocycles. The molecule has 0 aliphatic carbocycles. The second kappa shape index (κ2) is 3.87. The van der Waals surface area contributed by atoms with Crippen LogP contribution in [0, 0.1) is 0 Å². The summed E-state index contributed by atoms with van der Waals surface area (Å²) in [5.41, 5.74) is 0. The van der Waals surface area contributed by atoms with Crippen molar-refractivity contribution in [2.24, 2.45) is 0 Å². The molecule has 0 radical (unpaired) electrons. The fraction of sp³-hybridized carbons (Fsp3) is 0.429. The molecule has 1 fully saturated rings. The quantitative estimate of drug-likeness (QED) is 0.339. The third-order valence-corrected chi connectivity index (χ3v) is 1.09. The molecule has 0 bridgehead atoms. The molecule has 0 spiro atoms. The molecule has 0 unspecified atom stereocenters. The van der Waals surface area contributed by atoms with E-state index in [2.05, 4.69) is 16.1 Å². The number of cyclic esters (lactones) is 2.